The molecule has 2 aliphatic rings. The molecule has 0 spiro atoms. The van der Waals surface area contributed by atoms with Gasteiger partial charge in [0.15, 0.2) is 0 Å². The van der Waals surface area contributed by atoms with Gasteiger partial charge in [-0.2, -0.15) is 0 Å². The molecular formula is C8H15N. The average molecular weight is 125 g/mol. The minimum Gasteiger partial charge on any atom is -0.311 e. The Morgan fingerprint density at radius 2 is 2.11 bits per heavy atom. The van der Waals surface area contributed by atoms with E-state index < -0.39 is 0 Å². The largest absolute Gasteiger partial charge is 0.311 e. The van der Waals surface area contributed by atoms with Gasteiger partial charge in [0.1, 0.15) is 0 Å². The first kappa shape index (κ1) is 5.72. The van der Waals surface area contributed by atoms with Crippen LogP contribution in [0.4, 0.5) is 0 Å². The first-order valence-corrected chi connectivity index (χ1v) is 4.04. The van der Waals surface area contributed by atoms with E-state index in [-0.39, 0.29) is 0 Å². The van der Waals surface area contributed by atoms with Crippen molar-refractivity contribution in [2.45, 2.75) is 38.1 Å². The molecule has 0 bridgehead atoms. The summed E-state index contributed by atoms with van der Waals surface area (Å²) in [5, 5.41) is 3.59. The Labute approximate surface area is 56.8 Å². The highest BCUT2D eigenvalue weighted by Gasteiger charge is 2.37. The van der Waals surface area contributed by atoms with Crippen LogP contribution >= 0.6 is 0 Å². The van der Waals surface area contributed by atoms with E-state index in [4.69, 9.17) is 0 Å². The summed E-state index contributed by atoms with van der Waals surface area (Å²) in [6.07, 6.45) is 5.76. The van der Waals surface area contributed by atoms with Gasteiger partial charge in [-0.1, -0.05) is 0 Å². The molecule has 2 aliphatic carbocycles. The van der Waals surface area contributed by atoms with Crippen LogP contribution in [0.3, 0.4) is 0 Å². The Kier molecular flexibility index (Phi) is 1.10. The summed E-state index contributed by atoms with van der Waals surface area (Å²) >= 11 is 0. The van der Waals surface area contributed by atoms with Crippen LogP contribution in [0.15, 0.2) is 0 Å². The van der Waals surface area contributed by atoms with Crippen LogP contribution < -0.4 is 5.32 Å². The van der Waals surface area contributed by atoms with Crippen LogP contribution in [0, 0.1) is 5.92 Å². The van der Waals surface area contributed by atoms with Crippen molar-refractivity contribution >= 4 is 0 Å². The molecule has 2 saturated carbocycles. The standard InChI is InChI=1S/C8H15N/c1-8(4-5-8)9-6-7-2-3-7/h7,9H,2-6H2,1H3. The Balaban J connectivity index is 1.65. The van der Waals surface area contributed by atoms with Gasteiger partial charge in [0.05, 0.1) is 0 Å². The van der Waals surface area contributed by atoms with E-state index in [1.807, 2.05) is 0 Å². The SMILES string of the molecule is CC1(NCC2CC2)CC1. The molecule has 0 amide bonds. The fourth-order valence-electron chi connectivity index (χ4n) is 1.08. The smallest absolute Gasteiger partial charge is 0.0154 e. The number of hydrogen-bond donors (Lipinski definition) is 1. The molecule has 0 saturated heterocycles. The average Bonchev–Trinajstić information content (AvgIpc) is 2.58. The molecule has 1 nitrogen and oxygen atoms in total. The van der Waals surface area contributed by atoms with Gasteiger partial charge in [0, 0.05) is 5.54 Å². The van der Waals surface area contributed by atoms with Gasteiger partial charge < -0.3 is 5.32 Å². The highest BCUT2D eigenvalue weighted by atomic mass is 15.0. The van der Waals surface area contributed by atoms with E-state index in [1.54, 1.807) is 0 Å². The third-order valence-electron chi connectivity index (χ3n) is 2.51. The molecule has 9 heavy (non-hydrogen) atoms. The lowest BCUT2D eigenvalue weighted by atomic mass is 10.3. The lowest BCUT2D eigenvalue weighted by Gasteiger charge is -2.09. The molecule has 0 heterocycles. The number of rotatable bonds is 3. The van der Waals surface area contributed by atoms with Gasteiger partial charge in [-0.15, -0.1) is 0 Å². The van der Waals surface area contributed by atoms with Crippen molar-refractivity contribution in [1.82, 2.24) is 5.32 Å². The second kappa shape index (κ2) is 1.72. The minimum atomic E-state index is 0.572. The molecule has 0 aromatic rings. The third-order valence-corrected chi connectivity index (χ3v) is 2.51. The highest BCUT2D eigenvalue weighted by Crippen LogP contribution is 2.36. The second-order valence-electron chi connectivity index (χ2n) is 3.88. The maximum Gasteiger partial charge on any atom is 0.0154 e. The van der Waals surface area contributed by atoms with Crippen LogP contribution in [0.5, 0.6) is 0 Å². The molecule has 1 N–H and O–H groups in total. The molecule has 2 fully saturated rings. The van der Waals surface area contributed by atoms with Crippen molar-refractivity contribution in [2.75, 3.05) is 6.54 Å². The summed E-state index contributed by atoms with van der Waals surface area (Å²) < 4.78 is 0. The Morgan fingerprint density at radius 3 is 2.56 bits per heavy atom. The van der Waals surface area contributed by atoms with Crippen LogP contribution in [0.25, 0.3) is 0 Å². The predicted molar refractivity (Wildman–Crippen MR) is 38.4 cm³/mol. The first-order chi connectivity index (χ1) is 4.29. The lowest BCUT2D eigenvalue weighted by Crippen LogP contribution is -2.29. The molecule has 0 unspecified atom stereocenters. The van der Waals surface area contributed by atoms with Gasteiger partial charge in [0.2, 0.25) is 0 Å². The minimum absolute atomic E-state index is 0.572. The summed E-state index contributed by atoms with van der Waals surface area (Å²) in [7, 11) is 0. The van der Waals surface area contributed by atoms with Crippen molar-refractivity contribution in [2.24, 2.45) is 5.92 Å². The number of hydrogen-bond acceptors (Lipinski definition) is 1. The van der Waals surface area contributed by atoms with Gasteiger partial charge in [-0.25, -0.2) is 0 Å². The van der Waals surface area contributed by atoms with E-state index >= 15 is 0 Å². The van der Waals surface area contributed by atoms with Crippen molar-refractivity contribution in [3.05, 3.63) is 0 Å². The number of nitrogens with one attached hydrogen (secondary N) is 1. The maximum absolute atomic E-state index is 3.59. The van der Waals surface area contributed by atoms with Crippen LogP contribution in [-0.2, 0) is 0 Å². The van der Waals surface area contributed by atoms with Crippen LogP contribution in [-0.4, -0.2) is 12.1 Å². The van der Waals surface area contributed by atoms with Crippen LogP contribution in [0.2, 0.25) is 0 Å². The molecule has 0 atom stereocenters. The predicted octanol–water partition coefficient (Wildman–Crippen LogP) is 1.54. The fraction of sp³-hybridized carbons (Fsp3) is 1.00. The summed E-state index contributed by atoms with van der Waals surface area (Å²) in [5.41, 5.74) is 0.572. The topological polar surface area (TPSA) is 12.0 Å². The molecular weight excluding hydrogens is 110 g/mol. The van der Waals surface area contributed by atoms with Gasteiger partial charge >= 0.3 is 0 Å². The monoisotopic (exact) mass is 125 g/mol. The molecule has 2 rings (SSSR count). The maximum atomic E-state index is 3.59. The summed E-state index contributed by atoms with van der Waals surface area (Å²) in [4.78, 5) is 0. The molecule has 0 aromatic carbocycles. The van der Waals surface area contributed by atoms with E-state index in [2.05, 4.69) is 12.2 Å². The van der Waals surface area contributed by atoms with E-state index in [0.717, 1.165) is 5.92 Å². The van der Waals surface area contributed by atoms with Crippen LogP contribution in [0.1, 0.15) is 32.6 Å². The summed E-state index contributed by atoms with van der Waals surface area (Å²) in [5.74, 6) is 1.04. The zero-order valence-corrected chi connectivity index (χ0v) is 6.11. The third kappa shape index (κ3) is 1.45. The quantitative estimate of drug-likeness (QED) is 0.603. The zero-order valence-electron chi connectivity index (χ0n) is 6.11. The molecule has 0 radical (unpaired) electrons. The zero-order chi connectivity index (χ0) is 6.32. The Morgan fingerprint density at radius 1 is 1.44 bits per heavy atom. The molecule has 52 valence electrons. The van der Waals surface area contributed by atoms with Gasteiger partial charge in [-0.3, -0.25) is 0 Å². The second-order valence-corrected chi connectivity index (χ2v) is 3.88. The summed E-state index contributed by atoms with van der Waals surface area (Å²) in [6.45, 7) is 3.62. The Hall–Kier alpha value is -0.0400. The van der Waals surface area contributed by atoms with Crippen molar-refractivity contribution < 1.29 is 0 Å². The van der Waals surface area contributed by atoms with Crippen molar-refractivity contribution in [3.63, 3.8) is 0 Å². The highest BCUT2D eigenvalue weighted by molar-refractivity contribution is 4.98. The summed E-state index contributed by atoms with van der Waals surface area (Å²) in [6, 6.07) is 0. The normalized spacial score (nSPS) is 30.3. The van der Waals surface area contributed by atoms with Crippen molar-refractivity contribution in [3.8, 4) is 0 Å². The lowest BCUT2D eigenvalue weighted by molar-refractivity contribution is 0.517. The molecule has 0 aromatic heterocycles. The van der Waals surface area contributed by atoms with Gasteiger partial charge in [0.25, 0.3) is 0 Å². The fourth-order valence-corrected chi connectivity index (χ4v) is 1.08. The van der Waals surface area contributed by atoms with E-state index in [9.17, 15) is 0 Å². The van der Waals surface area contributed by atoms with E-state index in [0.29, 0.717) is 5.54 Å². The van der Waals surface area contributed by atoms with Gasteiger partial charge in [-0.05, 0) is 45.1 Å². The Bertz CT molecular complexity index is 112. The molecule has 1 heteroatoms. The first-order valence-electron chi connectivity index (χ1n) is 4.04. The van der Waals surface area contributed by atoms with Crippen molar-refractivity contribution in [1.29, 1.82) is 0 Å². The molecule has 0 aliphatic heterocycles. The van der Waals surface area contributed by atoms with E-state index in [1.165, 1.54) is 32.2 Å².